The van der Waals surface area contributed by atoms with Crippen molar-refractivity contribution in [2.45, 2.75) is 30.4 Å². The van der Waals surface area contributed by atoms with E-state index in [2.05, 4.69) is 17.0 Å². The van der Waals surface area contributed by atoms with Crippen molar-refractivity contribution in [3.05, 3.63) is 71.0 Å². The second-order valence-electron chi connectivity index (χ2n) is 7.90. The van der Waals surface area contributed by atoms with Crippen LogP contribution in [-0.4, -0.2) is 54.1 Å². The molecule has 27 heavy (non-hydrogen) atoms. The Balaban J connectivity index is 1.59. The predicted molar refractivity (Wildman–Crippen MR) is 102 cm³/mol. The van der Waals surface area contributed by atoms with Crippen molar-refractivity contribution in [3.8, 4) is 0 Å². The van der Waals surface area contributed by atoms with Gasteiger partial charge in [-0.15, -0.1) is 0 Å². The molecule has 1 aliphatic heterocycles. The molecule has 0 unspecified atom stereocenters. The van der Waals surface area contributed by atoms with E-state index in [1.807, 2.05) is 26.2 Å². The average molecular weight is 368 g/mol. The highest BCUT2D eigenvalue weighted by Crippen LogP contribution is 2.52. The molecule has 1 heterocycles. The van der Waals surface area contributed by atoms with Crippen LogP contribution in [0.1, 0.15) is 40.4 Å². The van der Waals surface area contributed by atoms with Gasteiger partial charge >= 0.3 is 0 Å². The second-order valence-corrected chi connectivity index (χ2v) is 7.90. The van der Waals surface area contributed by atoms with Crippen molar-refractivity contribution >= 4 is 5.91 Å². The number of aliphatic hydroxyl groups is 1. The molecule has 1 saturated heterocycles. The molecule has 0 aromatic heterocycles. The number of fused-ring (bicyclic) bond motifs is 2. The number of amides is 1. The number of piperidine rings is 1. The summed E-state index contributed by atoms with van der Waals surface area (Å²) in [5.41, 5.74) is 2.43. The van der Waals surface area contributed by atoms with Crippen molar-refractivity contribution in [1.29, 1.82) is 0 Å². The van der Waals surface area contributed by atoms with E-state index in [0.29, 0.717) is 31.5 Å². The summed E-state index contributed by atoms with van der Waals surface area (Å²) in [4.78, 5) is 16.6. The normalized spacial score (nSPS) is 23.7. The van der Waals surface area contributed by atoms with Crippen LogP contribution in [0, 0.1) is 5.82 Å². The Morgan fingerprint density at radius 1 is 1.15 bits per heavy atom. The molecular formula is C22H25FN2O2. The number of hydrogen-bond donors (Lipinski definition) is 1. The maximum absolute atomic E-state index is 13.5. The number of carbonyl (C=O) groups is 1. The highest BCUT2D eigenvalue weighted by Gasteiger charge is 2.53. The minimum absolute atomic E-state index is 0.0355. The Labute approximate surface area is 159 Å². The topological polar surface area (TPSA) is 43.8 Å². The molecule has 0 saturated carbocycles. The molecule has 4 rings (SSSR count). The third-order valence-corrected chi connectivity index (χ3v) is 6.25. The zero-order valence-corrected chi connectivity index (χ0v) is 15.7. The van der Waals surface area contributed by atoms with E-state index >= 15 is 0 Å². The van der Waals surface area contributed by atoms with Crippen LogP contribution in [0.15, 0.2) is 48.5 Å². The van der Waals surface area contributed by atoms with Gasteiger partial charge in [-0.2, -0.15) is 0 Å². The second kappa shape index (κ2) is 6.73. The number of benzene rings is 2. The number of hydrogen-bond acceptors (Lipinski definition) is 3. The van der Waals surface area contributed by atoms with Crippen LogP contribution in [0.25, 0.3) is 0 Å². The van der Waals surface area contributed by atoms with Gasteiger partial charge in [0, 0.05) is 24.1 Å². The van der Waals surface area contributed by atoms with Crippen LogP contribution in [0.3, 0.4) is 0 Å². The third kappa shape index (κ3) is 2.86. The lowest BCUT2D eigenvalue weighted by Gasteiger charge is -2.43. The number of likely N-dealkylation sites (N-methyl/N-ethyl adjacent to an activating group) is 1. The number of likely N-dealkylation sites (tertiary alicyclic amines) is 1. The summed E-state index contributed by atoms with van der Waals surface area (Å²) in [6.45, 7) is 1.11. The molecule has 1 aliphatic carbocycles. The summed E-state index contributed by atoms with van der Waals surface area (Å²) < 4.78 is 13.5. The number of aliphatic hydroxyl groups excluding tert-OH is 1. The fourth-order valence-electron chi connectivity index (χ4n) is 4.88. The molecule has 2 aromatic carbocycles. The lowest BCUT2D eigenvalue weighted by Crippen LogP contribution is -2.50. The first-order chi connectivity index (χ1) is 12.9. The Kier molecular flexibility index (Phi) is 4.52. The number of halogens is 1. The zero-order chi connectivity index (χ0) is 19.2. The van der Waals surface area contributed by atoms with Gasteiger partial charge < -0.3 is 14.9 Å². The Morgan fingerprint density at radius 3 is 2.52 bits per heavy atom. The molecule has 1 amide bonds. The first-order valence-electron chi connectivity index (χ1n) is 9.43. The summed E-state index contributed by atoms with van der Waals surface area (Å²) >= 11 is 0. The van der Waals surface area contributed by atoms with Crippen molar-refractivity contribution in [1.82, 2.24) is 9.80 Å². The molecule has 2 atom stereocenters. The van der Waals surface area contributed by atoms with Gasteiger partial charge in [0.25, 0.3) is 5.91 Å². The maximum atomic E-state index is 13.5. The van der Waals surface area contributed by atoms with Crippen LogP contribution in [-0.2, 0) is 5.41 Å². The van der Waals surface area contributed by atoms with Crippen molar-refractivity contribution in [2.24, 2.45) is 0 Å². The van der Waals surface area contributed by atoms with Crippen LogP contribution in [0.4, 0.5) is 4.39 Å². The van der Waals surface area contributed by atoms with Gasteiger partial charge in [-0.25, -0.2) is 4.39 Å². The fourth-order valence-corrected chi connectivity index (χ4v) is 4.88. The highest BCUT2D eigenvalue weighted by molar-refractivity contribution is 5.94. The molecule has 0 bridgehead atoms. The van der Waals surface area contributed by atoms with Gasteiger partial charge in [0.05, 0.1) is 12.1 Å². The van der Waals surface area contributed by atoms with Gasteiger partial charge in [0.15, 0.2) is 0 Å². The quantitative estimate of drug-likeness (QED) is 0.886. The number of nitrogens with zero attached hydrogens (tertiary/aromatic N) is 2. The van der Waals surface area contributed by atoms with E-state index in [4.69, 9.17) is 0 Å². The van der Waals surface area contributed by atoms with E-state index in [1.54, 1.807) is 17.0 Å². The molecule has 2 aliphatic rings. The zero-order valence-electron chi connectivity index (χ0n) is 15.7. The van der Waals surface area contributed by atoms with Gasteiger partial charge in [0.1, 0.15) is 5.82 Å². The van der Waals surface area contributed by atoms with Crippen LogP contribution >= 0.6 is 0 Å². The number of carbonyl (C=O) groups excluding carboxylic acids is 1. The SMILES string of the molecule is CN(C)[C@H]1c2ccccc2C2(CCN(C(=O)c3cccc(F)c3)CC2)[C@@H]1O. The average Bonchev–Trinajstić information content (AvgIpc) is 2.90. The first kappa shape index (κ1) is 18.1. The summed E-state index contributed by atoms with van der Waals surface area (Å²) in [6.07, 6.45) is 0.906. The summed E-state index contributed by atoms with van der Waals surface area (Å²) in [7, 11) is 3.98. The minimum atomic E-state index is -0.503. The van der Waals surface area contributed by atoms with Crippen LogP contribution in [0.5, 0.6) is 0 Å². The first-order valence-corrected chi connectivity index (χ1v) is 9.43. The van der Waals surface area contributed by atoms with Gasteiger partial charge in [-0.1, -0.05) is 30.3 Å². The summed E-state index contributed by atoms with van der Waals surface area (Å²) in [5, 5.41) is 11.2. The lowest BCUT2D eigenvalue weighted by atomic mass is 9.72. The molecule has 2 aromatic rings. The molecule has 1 N–H and O–H groups in total. The van der Waals surface area contributed by atoms with Gasteiger partial charge in [-0.3, -0.25) is 4.79 Å². The standard InChI is InChI=1S/C22H25FN2O2/c1-24(2)19-17-8-3-4-9-18(17)22(20(19)26)10-12-25(13-11-22)21(27)15-6-5-7-16(23)14-15/h3-9,14,19-20,26H,10-13H2,1-2H3/t19-,20+/m0/s1. The molecule has 1 spiro atoms. The molecule has 0 radical (unpaired) electrons. The Bertz CT molecular complexity index is 859. The Hall–Kier alpha value is -2.24. The molecule has 4 nitrogen and oxygen atoms in total. The van der Waals surface area contributed by atoms with Crippen molar-refractivity contribution in [3.63, 3.8) is 0 Å². The monoisotopic (exact) mass is 368 g/mol. The van der Waals surface area contributed by atoms with Crippen molar-refractivity contribution < 1.29 is 14.3 Å². The molecule has 142 valence electrons. The van der Waals surface area contributed by atoms with E-state index in [-0.39, 0.29) is 17.4 Å². The number of rotatable bonds is 2. The molecule has 1 fully saturated rings. The highest BCUT2D eigenvalue weighted by atomic mass is 19.1. The van der Waals surface area contributed by atoms with E-state index < -0.39 is 11.9 Å². The summed E-state index contributed by atoms with van der Waals surface area (Å²) in [5.74, 6) is -0.544. The Morgan fingerprint density at radius 2 is 1.85 bits per heavy atom. The maximum Gasteiger partial charge on any atom is 0.253 e. The van der Waals surface area contributed by atoms with E-state index in [9.17, 15) is 14.3 Å². The van der Waals surface area contributed by atoms with Crippen LogP contribution < -0.4 is 0 Å². The smallest absolute Gasteiger partial charge is 0.253 e. The van der Waals surface area contributed by atoms with Gasteiger partial charge in [0.2, 0.25) is 0 Å². The van der Waals surface area contributed by atoms with Crippen molar-refractivity contribution in [2.75, 3.05) is 27.2 Å². The molecule has 5 heteroatoms. The van der Waals surface area contributed by atoms with Gasteiger partial charge in [-0.05, 0) is 56.3 Å². The lowest BCUT2D eigenvalue weighted by molar-refractivity contribution is -0.00145. The summed E-state index contributed by atoms with van der Waals surface area (Å²) in [6, 6.07) is 14.1. The predicted octanol–water partition coefficient (Wildman–Crippen LogP) is 2.98. The van der Waals surface area contributed by atoms with Crippen LogP contribution in [0.2, 0.25) is 0 Å². The fraction of sp³-hybridized carbons (Fsp3) is 0.409. The van der Waals surface area contributed by atoms with E-state index in [0.717, 1.165) is 0 Å². The molecular weight excluding hydrogens is 343 g/mol. The van der Waals surface area contributed by atoms with E-state index in [1.165, 1.54) is 23.3 Å². The largest absolute Gasteiger partial charge is 0.390 e. The minimum Gasteiger partial charge on any atom is -0.390 e. The third-order valence-electron chi connectivity index (χ3n) is 6.25.